The summed E-state index contributed by atoms with van der Waals surface area (Å²) in [5.74, 6) is 0. The fourth-order valence-electron chi connectivity index (χ4n) is 1.81. The Bertz CT molecular complexity index is 383. The summed E-state index contributed by atoms with van der Waals surface area (Å²) in [5.41, 5.74) is 0.965. The molecule has 1 rings (SSSR count). The van der Waals surface area contributed by atoms with E-state index in [9.17, 15) is 4.79 Å². The summed E-state index contributed by atoms with van der Waals surface area (Å²) in [6, 6.07) is 9.55. The molecule has 1 unspecified atom stereocenters. The molecule has 0 aliphatic rings. The third-order valence-corrected chi connectivity index (χ3v) is 2.92. The van der Waals surface area contributed by atoms with Crippen LogP contribution in [0.3, 0.4) is 0 Å². The summed E-state index contributed by atoms with van der Waals surface area (Å²) in [6.45, 7) is 3.60. The van der Waals surface area contributed by atoms with Crippen LogP contribution < -0.4 is 0 Å². The standard InChI is InChI=1S/C15H23NO4/c1-13(11-19-3)16(9-10-18-2)15(17)20-12-14-7-5-4-6-8-14/h4-8,13H,9-12H2,1-3H3. The van der Waals surface area contributed by atoms with Crippen LogP contribution in [0.15, 0.2) is 30.3 Å². The van der Waals surface area contributed by atoms with E-state index in [-0.39, 0.29) is 18.7 Å². The molecule has 0 bridgehead atoms. The molecular formula is C15H23NO4. The Kier molecular flexibility index (Phi) is 7.69. The van der Waals surface area contributed by atoms with Crippen molar-refractivity contribution in [2.24, 2.45) is 0 Å². The lowest BCUT2D eigenvalue weighted by molar-refractivity contribution is 0.0466. The SMILES string of the molecule is COCCN(C(=O)OCc1ccccc1)C(C)COC. The molecule has 1 aromatic carbocycles. The molecule has 1 atom stereocenters. The predicted octanol–water partition coefficient (Wildman–Crippen LogP) is 2.31. The molecule has 0 aliphatic heterocycles. The van der Waals surface area contributed by atoms with Gasteiger partial charge < -0.3 is 19.1 Å². The number of rotatable bonds is 8. The number of nitrogens with zero attached hydrogens (tertiary/aromatic N) is 1. The van der Waals surface area contributed by atoms with Gasteiger partial charge in [0.05, 0.1) is 19.3 Å². The lowest BCUT2D eigenvalue weighted by Gasteiger charge is -2.27. The molecule has 0 spiro atoms. The van der Waals surface area contributed by atoms with E-state index in [4.69, 9.17) is 14.2 Å². The zero-order chi connectivity index (χ0) is 14.8. The van der Waals surface area contributed by atoms with Gasteiger partial charge in [-0.25, -0.2) is 4.79 Å². The van der Waals surface area contributed by atoms with Crippen LogP contribution in [0.2, 0.25) is 0 Å². The Labute approximate surface area is 120 Å². The van der Waals surface area contributed by atoms with Gasteiger partial charge in [0.15, 0.2) is 0 Å². The van der Waals surface area contributed by atoms with E-state index in [0.717, 1.165) is 5.56 Å². The first kappa shape index (κ1) is 16.5. The van der Waals surface area contributed by atoms with E-state index in [2.05, 4.69) is 0 Å². The van der Waals surface area contributed by atoms with Crippen molar-refractivity contribution in [2.45, 2.75) is 19.6 Å². The predicted molar refractivity (Wildman–Crippen MR) is 76.5 cm³/mol. The van der Waals surface area contributed by atoms with E-state index in [1.54, 1.807) is 19.1 Å². The van der Waals surface area contributed by atoms with Crippen molar-refractivity contribution in [2.75, 3.05) is 34.0 Å². The summed E-state index contributed by atoms with van der Waals surface area (Å²) in [4.78, 5) is 13.8. The maximum Gasteiger partial charge on any atom is 0.410 e. The van der Waals surface area contributed by atoms with E-state index < -0.39 is 0 Å². The van der Waals surface area contributed by atoms with E-state index in [1.165, 1.54) is 0 Å². The van der Waals surface area contributed by atoms with Gasteiger partial charge in [0.2, 0.25) is 0 Å². The molecule has 0 aromatic heterocycles. The van der Waals surface area contributed by atoms with Crippen LogP contribution in [0, 0.1) is 0 Å². The lowest BCUT2D eigenvalue weighted by atomic mass is 10.2. The van der Waals surface area contributed by atoms with Gasteiger partial charge in [-0.1, -0.05) is 30.3 Å². The Balaban J connectivity index is 2.53. The van der Waals surface area contributed by atoms with Crippen LogP contribution in [0.25, 0.3) is 0 Å². The number of benzene rings is 1. The number of methoxy groups -OCH3 is 2. The Morgan fingerprint density at radius 3 is 2.50 bits per heavy atom. The van der Waals surface area contributed by atoms with Gasteiger partial charge in [0.25, 0.3) is 0 Å². The number of carbonyl (C=O) groups excluding carboxylic acids is 1. The number of hydrogen-bond donors (Lipinski definition) is 0. The molecule has 1 amide bonds. The zero-order valence-electron chi connectivity index (χ0n) is 12.4. The molecule has 0 fully saturated rings. The summed E-state index contributed by atoms with van der Waals surface area (Å²) in [6.07, 6.45) is -0.351. The van der Waals surface area contributed by atoms with Crippen LogP contribution in [0.4, 0.5) is 4.79 Å². The van der Waals surface area contributed by atoms with Gasteiger partial charge in [-0.15, -0.1) is 0 Å². The van der Waals surface area contributed by atoms with Gasteiger partial charge in [-0.05, 0) is 12.5 Å². The number of hydrogen-bond acceptors (Lipinski definition) is 4. The van der Waals surface area contributed by atoms with Crippen molar-refractivity contribution >= 4 is 6.09 Å². The smallest absolute Gasteiger partial charge is 0.410 e. The van der Waals surface area contributed by atoms with Crippen molar-refractivity contribution in [1.29, 1.82) is 0 Å². The second-order valence-corrected chi connectivity index (χ2v) is 4.53. The van der Waals surface area contributed by atoms with Crippen LogP contribution in [-0.4, -0.2) is 51.0 Å². The number of amides is 1. The van der Waals surface area contributed by atoms with Crippen molar-refractivity contribution in [1.82, 2.24) is 4.90 Å². The van der Waals surface area contributed by atoms with Crippen molar-refractivity contribution in [3.8, 4) is 0 Å². The molecule has 5 heteroatoms. The normalized spacial score (nSPS) is 11.9. The van der Waals surface area contributed by atoms with Gasteiger partial charge >= 0.3 is 6.09 Å². The number of ether oxygens (including phenoxy) is 3. The summed E-state index contributed by atoms with van der Waals surface area (Å²) in [5, 5.41) is 0. The van der Waals surface area contributed by atoms with Crippen molar-refractivity contribution in [3.63, 3.8) is 0 Å². The maximum absolute atomic E-state index is 12.1. The number of carbonyl (C=O) groups is 1. The minimum atomic E-state index is -0.351. The second kappa shape index (κ2) is 9.34. The minimum absolute atomic E-state index is 0.0570. The average molecular weight is 281 g/mol. The molecule has 0 heterocycles. The van der Waals surface area contributed by atoms with Crippen LogP contribution in [0.1, 0.15) is 12.5 Å². The molecule has 0 saturated carbocycles. The van der Waals surface area contributed by atoms with Crippen LogP contribution in [0.5, 0.6) is 0 Å². The molecule has 0 radical (unpaired) electrons. The second-order valence-electron chi connectivity index (χ2n) is 4.53. The third-order valence-electron chi connectivity index (χ3n) is 2.92. The highest BCUT2D eigenvalue weighted by Crippen LogP contribution is 2.07. The Morgan fingerprint density at radius 1 is 1.20 bits per heavy atom. The van der Waals surface area contributed by atoms with E-state index >= 15 is 0 Å². The van der Waals surface area contributed by atoms with Gasteiger partial charge in [-0.3, -0.25) is 0 Å². The molecule has 5 nitrogen and oxygen atoms in total. The lowest BCUT2D eigenvalue weighted by Crippen LogP contribution is -2.43. The maximum atomic E-state index is 12.1. The molecule has 1 aromatic rings. The minimum Gasteiger partial charge on any atom is -0.445 e. The highest BCUT2D eigenvalue weighted by atomic mass is 16.6. The summed E-state index contributed by atoms with van der Waals surface area (Å²) < 4.78 is 15.4. The highest BCUT2D eigenvalue weighted by molar-refractivity contribution is 5.68. The van der Waals surface area contributed by atoms with Crippen LogP contribution >= 0.6 is 0 Å². The molecule has 0 aliphatic carbocycles. The molecule has 112 valence electrons. The van der Waals surface area contributed by atoms with E-state index in [0.29, 0.717) is 19.8 Å². The third kappa shape index (κ3) is 5.59. The first-order valence-corrected chi connectivity index (χ1v) is 6.64. The van der Waals surface area contributed by atoms with Gasteiger partial charge in [0, 0.05) is 20.8 Å². The molecule has 0 saturated heterocycles. The molecule has 0 N–H and O–H groups in total. The first-order valence-electron chi connectivity index (χ1n) is 6.64. The van der Waals surface area contributed by atoms with Gasteiger partial charge in [0.1, 0.15) is 6.61 Å². The zero-order valence-corrected chi connectivity index (χ0v) is 12.4. The van der Waals surface area contributed by atoms with Crippen molar-refractivity contribution < 1.29 is 19.0 Å². The summed E-state index contributed by atoms with van der Waals surface area (Å²) in [7, 11) is 3.22. The summed E-state index contributed by atoms with van der Waals surface area (Å²) >= 11 is 0. The average Bonchev–Trinajstić information content (AvgIpc) is 2.47. The quantitative estimate of drug-likeness (QED) is 0.733. The molecule has 20 heavy (non-hydrogen) atoms. The highest BCUT2D eigenvalue weighted by Gasteiger charge is 2.21. The first-order chi connectivity index (χ1) is 9.69. The van der Waals surface area contributed by atoms with Crippen LogP contribution in [-0.2, 0) is 20.8 Å². The largest absolute Gasteiger partial charge is 0.445 e. The van der Waals surface area contributed by atoms with Crippen molar-refractivity contribution in [3.05, 3.63) is 35.9 Å². The topological polar surface area (TPSA) is 48.0 Å². The van der Waals surface area contributed by atoms with E-state index in [1.807, 2.05) is 37.3 Å². The fourth-order valence-corrected chi connectivity index (χ4v) is 1.81. The Hall–Kier alpha value is -1.59. The van der Waals surface area contributed by atoms with Gasteiger partial charge in [-0.2, -0.15) is 0 Å². The Morgan fingerprint density at radius 2 is 1.90 bits per heavy atom. The molecular weight excluding hydrogens is 258 g/mol. The monoisotopic (exact) mass is 281 g/mol. The fraction of sp³-hybridized carbons (Fsp3) is 0.533.